The molecule has 4 rings (SSSR count). The number of carbonyl (C=O) groups is 1. The number of aromatic nitrogens is 4. The van der Waals surface area contributed by atoms with Crippen molar-refractivity contribution in [3.63, 3.8) is 0 Å². The van der Waals surface area contributed by atoms with Crippen LogP contribution in [0.25, 0.3) is 11.2 Å². The van der Waals surface area contributed by atoms with Gasteiger partial charge in [-0.1, -0.05) is 6.07 Å². The van der Waals surface area contributed by atoms with Crippen LogP contribution >= 0.6 is 7.75 Å². The number of aliphatic hydroxyl groups is 1. The average Bonchev–Trinajstić information content (AvgIpc) is 3.44. The highest BCUT2D eigenvalue weighted by Gasteiger charge is 2.56. The number of fused-ring (bicyclic) bond motifs is 1. The first-order valence-corrected chi connectivity index (χ1v) is 14.4. The van der Waals surface area contributed by atoms with Crippen LogP contribution in [0.1, 0.15) is 39.5 Å². The summed E-state index contributed by atoms with van der Waals surface area (Å²) in [5.41, 5.74) is 4.08. The summed E-state index contributed by atoms with van der Waals surface area (Å²) in [7, 11) is -2.81. The minimum atomic E-state index is -4.42. The van der Waals surface area contributed by atoms with Crippen molar-refractivity contribution in [2.75, 3.05) is 24.7 Å². The first-order valence-electron chi connectivity index (χ1n) is 12.9. The molecule has 3 heterocycles. The molecule has 0 radical (unpaired) electrons. The van der Waals surface area contributed by atoms with Gasteiger partial charge in [0.25, 0.3) is 0 Å². The Labute approximate surface area is 240 Å². The van der Waals surface area contributed by atoms with Crippen molar-refractivity contribution in [1.29, 1.82) is 5.26 Å². The summed E-state index contributed by atoms with van der Waals surface area (Å²) in [5, 5.41) is 25.4. The number of halogens is 1. The van der Waals surface area contributed by atoms with Gasteiger partial charge >= 0.3 is 13.7 Å². The van der Waals surface area contributed by atoms with Gasteiger partial charge in [0.15, 0.2) is 28.9 Å². The molecule has 226 valence electrons. The molecular weight excluding hydrogens is 574 g/mol. The second-order valence-corrected chi connectivity index (χ2v) is 11.7. The number of ether oxygens (including phenoxy) is 2. The predicted molar refractivity (Wildman–Crippen MR) is 148 cm³/mol. The maximum atomic E-state index is 16.0. The zero-order valence-electron chi connectivity index (χ0n) is 23.5. The van der Waals surface area contributed by atoms with Gasteiger partial charge in [0.2, 0.25) is 5.95 Å². The molecule has 0 amide bonds. The van der Waals surface area contributed by atoms with Crippen LogP contribution in [0.2, 0.25) is 0 Å². The van der Waals surface area contributed by atoms with Crippen molar-refractivity contribution in [2.45, 2.75) is 63.9 Å². The molecule has 0 bridgehead atoms. The number of nitrogens with one attached hydrogen (secondary N) is 2. The molecule has 1 aromatic carbocycles. The van der Waals surface area contributed by atoms with Gasteiger partial charge in [0.05, 0.1) is 30.7 Å². The fraction of sp³-hybridized carbons (Fsp3) is 0.480. The van der Waals surface area contributed by atoms with E-state index in [1.165, 1.54) is 42.1 Å². The largest absolute Gasteiger partial charge is 0.462 e. The number of imidazole rings is 1. The van der Waals surface area contributed by atoms with Gasteiger partial charge in [-0.05, 0) is 45.9 Å². The van der Waals surface area contributed by atoms with Crippen molar-refractivity contribution in [1.82, 2.24) is 24.6 Å². The van der Waals surface area contributed by atoms with Crippen molar-refractivity contribution >= 4 is 36.6 Å². The number of hydrogen-bond acceptors (Lipinski definition) is 13. The minimum absolute atomic E-state index is 0.00194. The Kier molecular flexibility index (Phi) is 9.00. The Bertz CT molecular complexity index is 1540. The summed E-state index contributed by atoms with van der Waals surface area (Å²) in [4.78, 5) is 24.9. The molecule has 5 N–H and O–H groups in total. The van der Waals surface area contributed by atoms with Gasteiger partial charge in [-0.25, -0.2) is 13.9 Å². The number of anilines is 2. The Hall–Kier alpha value is -3.87. The van der Waals surface area contributed by atoms with Crippen molar-refractivity contribution < 1.29 is 37.4 Å². The fourth-order valence-corrected chi connectivity index (χ4v) is 5.77. The van der Waals surface area contributed by atoms with Gasteiger partial charge in [-0.3, -0.25) is 13.9 Å². The highest BCUT2D eigenvalue weighted by molar-refractivity contribution is 7.52. The van der Waals surface area contributed by atoms with Gasteiger partial charge in [-0.2, -0.15) is 20.3 Å². The molecule has 1 aliphatic heterocycles. The predicted octanol–water partition coefficient (Wildman–Crippen LogP) is 2.44. The molecule has 0 spiro atoms. The Morgan fingerprint density at radius 3 is 2.79 bits per heavy atom. The standard InChI is InChI=1S/C25H32FN8O7P/c1-13(2)39-22(36)14(3)33-42(37,41-16-8-6-7-15(9-16)10-27)38-11-17-19(35)25(4,26)23(40-17)34-12-30-18-20(29-5)31-24(28)32-21(18)34/h6-9,12-14,17,19,23,35H,11H2,1-5H3,(H,33,37)(H3,28,29,31,32)/t14-,17+,19+,23+,25+,42?/m0/s1. The molecule has 1 fully saturated rings. The lowest BCUT2D eigenvalue weighted by Gasteiger charge is -2.25. The van der Waals surface area contributed by atoms with Crippen LogP contribution in [0, 0.1) is 11.3 Å². The van der Waals surface area contributed by atoms with Crippen molar-refractivity contribution in [3.05, 3.63) is 36.2 Å². The molecule has 0 aliphatic carbocycles. The van der Waals surface area contributed by atoms with Crippen LogP contribution < -0.4 is 20.7 Å². The van der Waals surface area contributed by atoms with E-state index in [9.17, 15) is 19.7 Å². The molecule has 0 saturated carbocycles. The number of alkyl halides is 1. The molecule has 3 aromatic rings. The van der Waals surface area contributed by atoms with Crippen LogP contribution in [0.15, 0.2) is 30.6 Å². The summed E-state index contributed by atoms with van der Waals surface area (Å²) < 4.78 is 53.3. The quantitative estimate of drug-likeness (QED) is 0.183. The van der Waals surface area contributed by atoms with Crippen LogP contribution in [0.3, 0.4) is 0 Å². The van der Waals surface area contributed by atoms with Gasteiger partial charge in [-0.15, -0.1) is 0 Å². The lowest BCUT2D eigenvalue weighted by atomic mass is 9.98. The second-order valence-electron chi connectivity index (χ2n) is 9.99. The average molecular weight is 607 g/mol. The summed E-state index contributed by atoms with van der Waals surface area (Å²) >= 11 is 0. The fourth-order valence-electron chi connectivity index (χ4n) is 4.28. The molecule has 6 atom stereocenters. The lowest BCUT2D eigenvalue weighted by molar-refractivity contribution is -0.149. The maximum Gasteiger partial charge on any atom is 0.459 e. The van der Waals surface area contributed by atoms with Crippen LogP contribution in [-0.4, -0.2) is 74.3 Å². The van der Waals surface area contributed by atoms with E-state index in [0.717, 1.165) is 6.92 Å². The third-order valence-corrected chi connectivity index (χ3v) is 7.94. The Balaban J connectivity index is 1.58. The number of rotatable bonds is 11. The van der Waals surface area contributed by atoms with Crippen LogP contribution in [0.5, 0.6) is 5.75 Å². The summed E-state index contributed by atoms with van der Waals surface area (Å²) in [6.45, 7) is 5.19. The SMILES string of the molecule is CNc1nc(N)nc2c1ncn2[C@@H]1O[C@H](COP(=O)(N[C@@H](C)C(=O)OC(C)C)Oc2cccc(C#N)c2)[C@@H](O)[C@@]1(C)F. The molecular formula is C25H32FN8O7P. The number of benzene rings is 1. The zero-order valence-corrected chi connectivity index (χ0v) is 24.4. The first kappa shape index (κ1) is 31.1. The van der Waals surface area contributed by atoms with Gasteiger partial charge in [0, 0.05) is 7.05 Å². The zero-order chi connectivity index (χ0) is 30.8. The number of esters is 1. The smallest absolute Gasteiger partial charge is 0.459 e. The monoisotopic (exact) mass is 606 g/mol. The van der Waals surface area contributed by atoms with Crippen molar-refractivity contribution in [2.24, 2.45) is 0 Å². The molecule has 1 unspecified atom stereocenters. The van der Waals surface area contributed by atoms with E-state index >= 15 is 4.39 Å². The highest BCUT2D eigenvalue weighted by atomic mass is 31.2. The number of nitrogens with zero attached hydrogens (tertiary/aromatic N) is 5. The minimum Gasteiger partial charge on any atom is -0.462 e. The molecule has 17 heteroatoms. The number of carbonyl (C=O) groups excluding carboxylic acids is 1. The number of nitriles is 1. The second kappa shape index (κ2) is 12.2. The topological polar surface area (TPSA) is 209 Å². The number of hydrogen-bond donors (Lipinski definition) is 4. The molecule has 1 aliphatic rings. The normalized spacial score (nSPS) is 24.2. The Morgan fingerprint density at radius 2 is 2.12 bits per heavy atom. The van der Waals surface area contributed by atoms with Gasteiger partial charge in [0.1, 0.15) is 24.0 Å². The lowest BCUT2D eigenvalue weighted by Crippen LogP contribution is -2.41. The van der Waals surface area contributed by atoms with E-state index in [2.05, 4.69) is 25.4 Å². The van der Waals surface area contributed by atoms with E-state index in [1.807, 2.05) is 6.07 Å². The summed E-state index contributed by atoms with van der Waals surface area (Å²) in [6.07, 6.45) is -3.72. The molecule has 15 nitrogen and oxygen atoms in total. The molecule has 42 heavy (non-hydrogen) atoms. The van der Waals surface area contributed by atoms with E-state index < -0.39 is 56.6 Å². The summed E-state index contributed by atoms with van der Waals surface area (Å²) in [5.74, 6) is -0.517. The Morgan fingerprint density at radius 1 is 1.38 bits per heavy atom. The van der Waals surface area contributed by atoms with Crippen molar-refractivity contribution in [3.8, 4) is 11.8 Å². The third kappa shape index (κ3) is 6.45. The highest BCUT2D eigenvalue weighted by Crippen LogP contribution is 2.48. The number of aliphatic hydroxyl groups excluding tert-OH is 1. The van der Waals surface area contributed by atoms with E-state index in [4.69, 9.17) is 24.3 Å². The third-order valence-electron chi connectivity index (χ3n) is 6.30. The van der Waals surface area contributed by atoms with E-state index in [1.54, 1.807) is 20.9 Å². The van der Waals surface area contributed by atoms with Crippen LogP contribution in [-0.2, 0) is 23.4 Å². The molecule has 2 aromatic heterocycles. The van der Waals surface area contributed by atoms with Crippen LogP contribution in [0.4, 0.5) is 16.2 Å². The number of nitrogens with two attached hydrogens (primary N) is 1. The number of nitrogen functional groups attached to an aromatic ring is 1. The maximum absolute atomic E-state index is 16.0. The first-order chi connectivity index (χ1) is 19.8. The summed E-state index contributed by atoms with van der Waals surface area (Å²) in [6, 6.07) is 6.55. The van der Waals surface area contributed by atoms with E-state index in [-0.39, 0.29) is 22.9 Å². The van der Waals surface area contributed by atoms with Gasteiger partial charge < -0.3 is 30.2 Å². The van der Waals surface area contributed by atoms with E-state index in [0.29, 0.717) is 11.3 Å². The molecule has 1 saturated heterocycles.